The minimum absolute atomic E-state index is 0.000952. The summed E-state index contributed by atoms with van der Waals surface area (Å²) in [4.78, 5) is 20.6. The molecule has 0 unspecified atom stereocenters. The van der Waals surface area contributed by atoms with Crippen LogP contribution in [0.25, 0.3) is 32.9 Å². The third kappa shape index (κ3) is 5.56. The Morgan fingerprint density at radius 3 is 2.63 bits per heavy atom. The van der Waals surface area contributed by atoms with E-state index in [0.29, 0.717) is 28.1 Å². The van der Waals surface area contributed by atoms with Gasteiger partial charge in [-0.2, -0.15) is 18.4 Å². The van der Waals surface area contributed by atoms with Gasteiger partial charge in [0.05, 0.1) is 40.3 Å². The molecular formula is C40H36Cl2F4N6O2. The Morgan fingerprint density at radius 2 is 1.94 bits per heavy atom. The Balaban J connectivity index is 1.24. The number of amides is 1. The van der Waals surface area contributed by atoms with Crippen LogP contribution in [0.1, 0.15) is 66.8 Å². The molecule has 2 saturated carbocycles. The van der Waals surface area contributed by atoms with Crippen molar-refractivity contribution in [1.29, 1.82) is 5.26 Å². The van der Waals surface area contributed by atoms with Crippen molar-refractivity contribution in [1.82, 2.24) is 24.3 Å². The minimum atomic E-state index is -4.62. The predicted molar refractivity (Wildman–Crippen MR) is 197 cm³/mol. The topological polar surface area (TPSA) is 88.1 Å². The molecule has 3 saturated heterocycles. The van der Waals surface area contributed by atoms with Crippen LogP contribution in [-0.2, 0) is 24.4 Å². The van der Waals surface area contributed by atoms with Crippen LogP contribution in [0.4, 0.5) is 17.6 Å². The molecule has 10 rings (SSSR count). The highest BCUT2D eigenvalue weighted by Crippen LogP contribution is 2.51. The lowest BCUT2D eigenvalue weighted by Gasteiger charge is -2.39. The zero-order chi connectivity index (χ0) is 37.8. The second-order valence-corrected chi connectivity index (χ2v) is 16.0. The Morgan fingerprint density at radius 1 is 1.15 bits per heavy atom. The molecule has 280 valence electrons. The van der Waals surface area contributed by atoms with Crippen LogP contribution in [0.3, 0.4) is 0 Å². The molecule has 54 heavy (non-hydrogen) atoms. The molecule has 5 fully saturated rings. The number of nitrogens with one attached hydrogen (secondary N) is 1. The van der Waals surface area contributed by atoms with Gasteiger partial charge in [-0.25, -0.2) is 9.37 Å². The molecule has 8 nitrogen and oxygen atoms in total. The van der Waals surface area contributed by atoms with Crippen molar-refractivity contribution < 1.29 is 27.1 Å². The van der Waals surface area contributed by atoms with Gasteiger partial charge >= 0.3 is 6.18 Å². The van der Waals surface area contributed by atoms with Crippen molar-refractivity contribution in [3.05, 3.63) is 81.1 Å². The summed E-state index contributed by atoms with van der Waals surface area (Å²) in [6, 6.07) is 12.1. The number of aryl methyl sites for hydroxylation is 3. The maximum absolute atomic E-state index is 17.2. The molecule has 14 heteroatoms. The fourth-order valence-electron chi connectivity index (χ4n) is 9.19. The lowest BCUT2D eigenvalue weighted by atomic mass is 9.79. The normalized spacial score (nSPS) is 23.7. The van der Waals surface area contributed by atoms with E-state index in [0.717, 1.165) is 47.0 Å². The average molecular weight is 780 g/mol. The number of ether oxygens (including phenoxy) is 1. The Bertz CT molecular complexity index is 2400. The van der Waals surface area contributed by atoms with Gasteiger partial charge in [-0.05, 0) is 68.4 Å². The van der Waals surface area contributed by atoms with Crippen molar-refractivity contribution >= 4 is 50.9 Å². The number of nitrogens with zero attached hydrogens (tertiary/aromatic N) is 5. The minimum Gasteiger partial charge on any atom is -0.486 e. The van der Waals surface area contributed by atoms with E-state index < -0.39 is 29.8 Å². The van der Waals surface area contributed by atoms with E-state index in [4.69, 9.17) is 32.9 Å². The van der Waals surface area contributed by atoms with Crippen molar-refractivity contribution in [2.45, 2.75) is 75.9 Å². The third-order valence-electron chi connectivity index (χ3n) is 11.8. The molecule has 3 aromatic heterocycles. The number of pyridine rings is 1. The molecule has 5 atom stereocenters. The number of rotatable bonds is 8. The fraction of sp³-hybridized carbons (Fsp3) is 0.425. The van der Waals surface area contributed by atoms with Crippen LogP contribution in [0.5, 0.6) is 5.75 Å². The highest BCUT2D eigenvalue weighted by molar-refractivity contribution is 6.43. The molecule has 6 heterocycles. The highest BCUT2D eigenvalue weighted by Gasteiger charge is 2.51. The number of hydrogen-bond acceptors (Lipinski definition) is 5. The number of nitriles is 1. The molecule has 0 radical (unpaired) electrons. The lowest BCUT2D eigenvalue weighted by molar-refractivity contribution is -0.145. The summed E-state index contributed by atoms with van der Waals surface area (Å²) in [5.74, 6) is -0.708. The van der Waals surface area contributed by atoms with Crippen LogP contribution >= 0.6 is 23.2 Å². The first kappa shape index (κ1) is 35.4. The van der Waals surface area contributed by atoms with E-state index in [1.165, 1.54) is 19.3 Å². The zero-order valence-electron chi connectivity index (χ0n) is 29.5. The average Bonchev–Trinajstić information content (AvgIpc) is 3.52. The number of benzene rings is 2. The number of hydrogen-bond donors (Lipinski definition) is 1. The largest absolute Gasteiger partial charge is 0.486 e. The fourth-order valence-corrected chi connectivity index (χ4v) is 9.59. The van der Waals surface area contributed by atoms with E-state index in [2.05, 4.69) is 16.0 Å². The maximum atomic E-state index is 17.2. The van der Waals surface area contributed by atoms with Crippen molar-refractivity contribution in [2.24, 2.45) is 18.9 Å². The zero-order valence-corrected chi connectivity index (χ0v) is 31.0. The molecule has 3 aliphatic heterocycles. The number of fused-ring (bicyclic) bond motifs is 4. The summed E-state index contributed by atoms with van der Waals surface area (Å²) in [5, 5.41) is 15.1. The van der Waals surface area contributed by atoms with Gasteiger partial charge < -0.3 is 24.1 Å². The van der Waals surface area contributed by atoms with Gasteiger partial charge in [-0.15, -0.1) is 0 Å². The van der Waals surface area contributed by atoms with Gasteiger partial charge in [0.15, 0.2) is 11.5 Å². The van der Waals surface area contributed by atoms with E-state index in [-0.39, 0.29) is 76.6 Å². The van der Waals surface area contributed by atoms with Crippen LogP contribution in [0, 0.1) is 35.9 Å². The number of likely N-dealkylation sites (tertiary alicyclic amines) is 1. The molecule has 0 spiro atoms. The molecule has 2 aliphatic carbocycles. The van der Waals surface area contributed by atoms with Gasteiger partial charge in [0, 0.05) is 77.9 Å². The van der Waals surface area contributed by atoms with E-state index in [1.54, 1.807) is 23.1 Å². The van der Waals surface area contributed by atoms with E-state index >= 15 is 4.39 Å². The number of alkyl halides is 3. The van der Waals surface area contributed by atoms with E-state index in [1.807, 2.05) is 19.1 Å². The summed E-state index contributed by atoms with van der Waals surface area (Å²) in [7, 11) is 1.33. The van der Waals surface area contributed by atoms with Gasteiger partial charge in [0.25, 0.3) is 0 Å². The number of halogens is 6. The monoisotopic (exact) mass is 778 g/mol. The third-order valence-corrected chi connectivity index (χ3v) is 12.7. The molecule has 2 bridgehead atoms. The summed E-state index contributed by atoms with van der Waals surface area (Å²) >= 11 is 13.1. The van der Waals surface area contributed by atoms with Gasteiger partial charge in [-0.3, -0.25) is 4.79 Å². The van der Waals surface area contributed by atoms with Crippen LogP contribution in [-0.4, -0.2) is 50.2 Å². The molecule has 5 aliphatic rings. The Labute approximate surface area is 318 Å². The molecule has 5 aromatic rings. The summed E-state index contributed by atoms with van der Waals surface area (Å²) in [6.07, 6.45) is -0.815. The first-order chi connectivity index (χ1) is 25.8. The molecule has 1 amide bonds. The first-order valence-electron chi connectivity index (χ1n) is 18.3. The standard InChI is InChI=1S/C40H36Cl2F4N6O2/c1-19-25-16-30(29-15-23(18-51(29)39(53)20-8-9-20)54-31-10-12-50(2)38(31)40(44,45)46)52(36-22-14-28(36)48-17-22)37(25)26-13-21(5-4-11-47)32(34(43)35(26)49-19)24-6-3-7-27(41)33(24)42/h3,6-7,10,12-13,16,20,22-23,28-29,36,48H,4-5,8-9,14-15,17-18H2,1-2H3/t22-,23+,28-,29-,36+/m1/s1. The Kier molecular flexibility index (Phi) is 8.45. The SMILES string of the molecule is Cc1nc2c(F)c(-c3cccc(Cl)c3Cl)c(CCC#N)cc2c2c1cc([C@H]1C[C@H](Oc3ccn(C)c3C(F)(F)F)CN1C(=O)C1CC1)n2[C@H]1[C@H]2CN[C@@H]1C2. The van der Waals surface area contributed by atoms with Crippen LogP contribution < -0.4 is 10.1 Å². The number of carbonyl (C=O) groups excluding carboxylic acids is 1. The predicted octanol–water partition coefficient (Wildman–Crippen LogP) is 9.09. The quantitative estimate of drug-likeness (QED) is 0.159. The highest BCUT2D eigenvalue weighted by atomic mass is 35.5. The van der Waals surface area contributed by atoms with E-state index in [9.17, 15) is 23.2 Å². The van der Waals surface area contributed by atoms with Crippen molar-refractivity contribution in [3.8, 4) is 22.9 Å². The Hall–Kier alpha value is -4.31. The molecular weight excluding hydrogens is 743 g/mol. The molecule has 1 N–H and O–H groups in total. The van der Waals surface area contributed by atoms with Crippen LogP contribution in [0.2, 0.25) is 10.0 Å². The maximum Gasteiger partial charge on any atom is 0.435 e. The summed E-state index contributed by atoms with van der Waals surface area (Å²) < 4.78 is 68.8. The second-order valence-electron chi connectivity index (χ2n) is 15.2. The van der Waals surface area contributed by atoms with Gasteiger partial charge in [0.2, 0.25) is 5.91 Å². The summed E-state index contributed by atoms with van der Waals surface area (Å²) in [6.45, 7) is 2.78. The number of aromatic nitrogens is 3. The summed E-state index contributed by atoms with van der Waals surface area (Å²) in [5.41, 5.74) is 2.72. The first-order valence-corrected chi connectivity index (χ1v) is 19.0. The van der Waals surface area contributed by atoms with Gasteiger partial charge in [-0.1, -0.05) is 35.3 Å². The van der Waals surface area contributed by atoms with Crippen molar-refractivity contribution in [3.63, 3.8) is 0 Å². The van der Waals surface area contributed by atoms with Crippen LogP contribution in [0.15, 0.2) is 42.6 Å². The van der Waals surface area contributed by atoms with Crippen molar-refractivity contribution in [2.75, 3.05) is 13.1 Å². The lowest BCUT2D eigenvalue weighted by Crippen LogP contribution is -2.41. The van der Waals surface area contributed by atoms with Gasteiger partial charge in [0.1, 0.15) is 17.4 Å². The molecule has 2 aromatic carbocycles. The second kappa shape index (κ2) is 12.9. The smallest absolute Gasteiger partial charge is 0.435 e. The number of carbonyl (C=O) groups is 1.